The molecule has 0 saturated heterocycles. The molecule has 1 aromatic rings. The van der Waals surface area contributed by atoms with Crippen molar-refractivity contribution in [1.82, 2.24) is 20.3 Å². The van der Waals surface area contributed by atoms with E-state index in [1.807, 2.05) is 19.0 Å². The minimum Gasteiger partial charge on any atom is -0.308 e. The number of hydrogen-bond acceptors (Lipinski definition) is 6. The summed E-state index contributed by atoms with van der Waals surface area (Å²) < 4.78 is 0. The highest BCUT2D eigenvalue weighted by atomic mass is 16.5. The summed E-state index contributed by atoms with van der Waals surface area (Å²) in [4.78, 5) is 33.9. The first-order valence-electron chi connectivity index (χ1n) is 5.65. The predicted octanol–water partition coefficient (Wildman–Crippen LogP) is -0.490. The van der Waals surface area contributed by atoms with Crippen molar-refractivity contribution in [3.05, 3.63) is 18.0 Å². The zero-order valence-corrected chi connectivity index (χ0v) is 11.1. The van der Waals surface area contributed by atoms with E-state index in [4.69, 9.17) is 5.21 Å². The van der Waals surface area contributed by atoms with Crippen molar-refractivity contribution in [2.75, 3.05) is 32.1 Å². The fourth-order valence-corrected chi connectivity index (χ4v) is 1.34. The molecule has 0 aromatic carbocycles. The number of anilines is 1. The highest BCUT2D eigenvalue weighted by Gasteiger charge is 2.15. The zero-order valence-electron chi connectivity index (χ0n) is 11.1. The van der Waals surface area contributed by atoms with Crippen molar-refractivity contribution in [3.63, 3.8) is 0 Å². The van der Waals surface area contributed by atoms with Gasteiger partial charge in [-0.1, -0.05) is 0 Å². The molecule has 1 aromatic heterocycles. The molecule has 19 heavy (non-hydrogen) atoms. The first kappa shape index (κ1) is 15.0. The molecule has 0 radical (unpaired) electrons. The van der Waals surface area contributed by atoms with E-state index in [-0.39, 0.29) is 17.4 Å². The van der Waals surface area contributed by atoms with E-state index in [9.17, 15) is 9.59 Å². The van der Waals surface area contributed by atoms with Crippen LogP contribution in [-0.2, 0) is 4.79 Å². The third-order valence-corrected chi connectivity index (χ3v) is 2.39. The first-order chi connectivity index (χ1) is 8.95. The normalized spacial score (nSPS) is 10.4. The van der Waals surface area contributed by atoms with E-state index in [0.717, 1.165) is 0 Å². The van der Waals surface area contributed by atoms with Crippen LogP contribution in [0.15, 0.2) is 12.4 Å². The number of amides is 2. The molecular weight excluding hydrogens is 250 g/mol. The van der Waals surface area contributed by atoms with Crippen LogP contribution in [-0.4, -0.2) is 59.1 Å². The largest absolute Gasteiger partial charge is 0.308 e. The van der Waals surface area contributed by atoms with Gasteiger partial charge in [-0.3, -0.25) is 19.7 Å². The molecule has 0 aliphatic carbocycles. The lowest BCUT2D eigenvalue weighted by Crippen LogP contribution is -2.36. The summed E-state index contributed by atoms with van der Waals surface area (Å²) in [5, 5.41) is 8.48. The highest BCUT2D eigenvalue weighted by Crippen LogP contribution is 2.07. The molecule has 0 unspecified atom stereocenters. The fourth-order valence-electron chi connectivity index (χ4n) is 1.34. The monoisotopic (exact) mass is 267 g/mol. The molecule has 1 rings (SSSR count). The van der Waals surface area contributed by atoms with Crippen molar-refractivity contribution in [2.24, 2.45) is 0 Å². The summed E-state index contributed by atoms with van der Waals surface area (Å²) in [5.41, 5.74) is 1.60. The summed E-state index contributed by atoms with van der Waals surface area (Å²) in [6.07, 6.45) is 2.50. The van der Waals surface area contributed by atoms with E-state index < -0.39 is 5.91 Å². The van der Waals surface area contributed by atoms with Crippen LogP contribution in [0.1, 0.15) is 17.3 Å². The Balaban J connectivity index is 2.85. The fraction of sp³-hybridized carbons (Fsp3) is 0.455. The van der Waals surface area contributed by atoms with Gasteiger partial charge in [0, 0.05) is 32.4 Å². The van der Waals surface area contributed by atoms with Gasteiger partial charge >= 0.3 is 0 Å². The molecule has 104 valence electrons. The molecule has 8 nitrogen and oxygen atoms in total. The molecule has 8 heteroatoms. The summed E-state index contributed by atoms with van der Waals surface area (Å²) in [7, 11) is 3.79. The van der Waals surface area contributed by atoms with Crippen LogP contribution in [0.3, 0.4) is 0 Å². The molecule has 0 spiro atoms. The molecule has 2 N–H and O–H groups in total. The van der Waals surface area contributed by atoms with E-state index >= 15 is 0 Å². The van der Waals surface area contributed by atoms with Crippen LogP contribution < -0.4 is 10.4 Å². The second-order valence-electron chi connectivity index (χ2n) is 4.19. The van der Waals surface area contributed by atoms with Gasteiger partial charge < -0.3 is 4.90 Å². The topological polar surface area (TPSA) is 98.7 Å². The number of aromatic nitrogens is 2. The molecule has 0 atom stereocenters. The molecule has 0 saturated carbocycles. The highest BCUT2D eigenvalue weighted by molar-refractivity contribution is 5.93. The Kier molecular flexibility index (Phi) is 5.34. The van der Waals surface area contributed by atoms with Gasteiger partial charge in [-0.2, -0.15) is 0 Å². The van der Waals surface area contributed by atoms with Crippen molar-refractivity contribution < 1.29 is 14.8 Å². The van der Waals surface area contributed by atoms with Gasteiger partial charge in [-0.15, -0.1) is 0 Å². The summed E-state index contributed by atoms with van der Waals surface area (Å²) in [5.74, 6) is -0.653. The van der Waals surface area contributed by atoms with Gasteiger partial charge in [0.15, 0.2) is 0 Å². The maximum atomic E-state index is 11.5. The van der Waals surface area contributed by atoms with Crippen LogP contribution in [0, 0.1) is 0 Å². The molecule has 0 aliphatic rings. The number of hydrogen-bond donors (Lipinski definition) is 2. The third kappa shape index (κ3) is 4.27. The van der Waals surface area contributed by atoms with Crippen molar-refractivity contribution in [3.8, 4) is 0 Å². The van der Waals surface area contributed by atoms with Gasteiger partial charge in [0.1, 0.15) is 0 Å². The van der Waals surface area contributed by atoms with Crippen molar-refractivity contribution >= 4 is 17.8 Å². The number of nitrogens with zero attached hydrogens (tertiary/aromatic N) is 4. The molecule has 1 heterocycles. The molecule has 0 bridgehead atoms. The molecule has 0 aliphatic heterocycles. The lowest BCUT2D eigenvalue weighted by atomic mass is 10.3. The Morgan fingerprint density at radius 1 is 1.26 bits per heavy atom. The smallest absolute Gasteiger partial charge is 0.277 e. The third-order valence-electron chi connectivity index (χ3n) is 2.39. The van der Waals surface area contributed by atoms with Crippen molar-refractivity contribution in [1.29, 1.82) is 0 Å². The van der Waals surface area contributed by atoms with E-state index in [2.05, 4.69) is 9.97 Å². The standard InChI is InChI=1S/C11H17N5O3/c1-8(17)16(5-4-15(2)3)11-12-6-9(7-13-11)10(18)14-19/h6-7,19H,4-5H2,1-3H3,(H,14,18). The van der Waals surface area contributed by atoms with Gasteiger partial charge in [0.25, 0.3) is 5.91 Å². The number of hydroxylamine groups is 1. The second-order valence-corrected chi connectivity index (χ2v) is 4.19. The minimum atomic E-state index is -0.700. The summed E-state index contributed by atoms with van der Waals surface area (Å²) >= 11 is 0. The van der Waals surface area contributed by atoms with Crippen LogP contribution in [0.25, 0.3) is 0 Å². The number of carbonyl (C=O) groups excluding carboxylic acids is 2. The van der Waals surface area contributed by atoms with Crippen LogP contribution in [0.5, 0.6) is 0 Å². The Morgan fingerprint density at radius 3 is 2.26 bits per heavy atom. The van der Waals surface area contributed by atoms with Crippen LogP contribution >= 0.6 is 0 Å². The second kappa shape index (κ2) is 6.76. The minimum absolute atomic E-state index is 0.113. The number of likely N-dealkylation sites (N-methyl/N-ethyl adjacent to an activating group) is 1. The average molecular weight is 267 g/mol. The van der Waals surface area contributed by atoms with Gasteiger partial charge in [0.05, 0.1) is 5.56 Å². The molecule has 2 amide bonds. The van der Waals surface area contributed by atoms with Gasteiger partial charge in [-0.25, -0.2) is 15.4 Å². The Bertz CT molecular complexity index is 446. The van der Waals surface area contributed by atoms with Crippen molar-refractivity contribution in [2.45, 2.75) is 6.92 Å². The SMILES string of the molecule is CC(=O)N(CCN(C)C)c1ncc(C(=O)NO)cn1. The van der Waals surface area contributed by atoms with Gasteiger partial charge in [0.2, 0.25) is 11.9 Å². The quantitative estimate of drug-likeness (QED) is 0.552. The lowest BCUT2D eigenvalue weighted by Gasteiger charge is -2.20. The Morgan fingerprint density at radius 2 is 1.84 bits per heavy atom. The average Bonchev–Trinajstić information content (AvgIpc) is 2.38. The Labute approximate surface area is 111 Å². The summed E-state index contributed by atoms with van der Waals surface area (Å²) in [6, 6.07) is 0. The maximum Gasteiger partial charge on any atom is 0.277 e. The zero-order chi connectivity index (χ0) is 14.4. The first-order valence-corrected chi connectivity index (χ1v) is 5.65. The van der Waals surface area contributed by atoms with E-state index in [0.29, 0.717) is 13.1 Å². The van der Waals surface area contributed by atoms with E-state index in [1.54, 1.807) is 0 Å². The maximum absolute atomic E-state index is 11.5. The molecular formula is C11H17N5O3. The van der Waals surface area contributed by atoms with Crippen LogP contribution in [0.2, 0.25) is 0 Å². The van der Waals surface area contributed by atoms with Gasteiger partial charge in [-0.05, 0) is 14.1 Å². The summed E-state index contributed by atoms with van der Waals surface area (Å²) in [6.45, 7) is 2.54. The number of carbonyl (C=O) groups is 2. The predicted molar refractivity (Wildman–Crippen MR) is 67.9 cm³/mol. The molecule has 0 fully saturated rings. The lowest BCUT2D eigenvalue weighted by molar-refractivity contribution is -0.116. The van der Waals surface area contributed by atoms with Crippen LogP contribution in [0.4, 0.5) is 5.95 Å². The number of nitrogens with one attached hydrogen (secondary N) is 1. The number of rotatable bonds is 5. The van der Waals surface area contributed by atoms with E-state index in [1.165, 1.54) is 29.7 Å². The Hall–Kier alpha value is -2.06.